The van der Waals surface area contributed by atoms with Gasteiger partial charge in [-0.05, 0) is 0 Å². The van der Waals surface area contributed by atoms with Crippen molar-refractivity contribution in [2.24, 2.45) is 0 Å². The van der Waals surface area contributed by atoms with E-state index >= 15 is 0 Å². The monoisotopic (exact) mass is 243 g/mol. The summed E-state index contributed by atoms with van der Waals surface area (Å²) in [4.78, 5) is 25.3. The van der Waals surface area contributed by atoms with Gasteiger partial charge >= 0.3 is 0 Å². The molecule has 5 nitrogen and oxygen atoms in total. The van der Waals surface area contributed by atoms with E-state index in [4.69, 9.17) is 0 Å². The van der Waals surface area contributed by atoms with E-state index < -0.39 is 0 Å². The largest absolute Gasteiger partial charge is 0.354 e. The number of nitrogens with one attached hydrogen (secondary N) is 2. The van der Waals surface area contributed by atoms with Crippen LogP contribution in [0, 0.1) is 0 Å². The molecule has 6 heteroatoms. The third-order valence-electron chi connectivity index (χ3n) is 2.84. The van der Waals surface area contributed by atoms with Gasteiger partial charge in [0.25, 0.3) is 0 Å². The summed E-state index contributed by atoms with van der Waals surface area (Å²) < 4.78 is 0. The van der Waals surface area contributed by atoms with Crippen molar-refractivity contribution >= 4 is 23.6 Å². The Morgan fingerprint density at radius 1 is 1.38 bits per heavy atom. The number of carbonyl (C=O) groups is 2. The normalized spacial score (nSPS) is 26.4. The fraction of sp³-hybridized carbons (Fsp3) is 0.800. The number of thioether (sulfide) groups is 1. The average molecular weight is 243 g/mol. The van der Waals surface area contributed by atoms with Crippen LogP contribution in [0.3, 0.4) is 0 Å². The maximum Gasteiger partial charge on any atom is 0.233 e. The summed E-state index contributed by atoms with van der Waals surface area (Å²) in [5, 5.41) is 5.82. The molecular weight excluding hydrogens is 226 g/mol. The molecule has 2 heterocycles. The SMILES string of the molecule is O=C1NCCSC1CC(=O)N1CCNCC1. The van der Waals surface area contributed by atoms with Gasteiger partial charge in [-0.25, -0.2) is 0 Å². The lowest BCUT2D eigenvalue weighted by Crippen LogP contribution is -2.48. The van der Waals surface area contributed by atoms with E-state index in [1.807, 2.05) is 4.90 Å². The number of nitrogens with zero attached hydrogens (tertiary/aromatic N) is 1. The van der Waals surface area contributed by atoms with Gasteiger partial charge in [-0.2, -0.15) is 0 Å². The molecule has 1 atom stereocenters. The van der Waals surface area contributed by atoms with Crippen LogP contribution in [-0.2, 0) is 9.59 Å². The van der Waals surface area contributed by atoms with Gasteiger partial charge in [0.15, 0.2) is 0 Å². The number of rotatable bonds is 2. The molecule has 0 aromatic carbocycles. The molecule has 2 rings (SSSR count). The lowest BCUT2D eigenvalue weighted by Gasteiger charge is -2.29. The minimum absolute atomic E-state index is 0.0136. The highest BCUT2D eigenvalue weighted by molar-refractivity contribution is 8.00. The summed E-state index contributed by atoms with van der Waals surface area (Å²) in [6, 6.07) is 0. The Bertz CT molecular complexity index is 279. The summed E-state index contributed by atoms with van der Waals surface area (Å²) in [5.41, 5.74) is 0. The van der Waals surface area contributed by atoms with Crippen molar-refractivity contribution in [1.29, 1.82) is 0 Å². The molecule has 2 aliphatic rings. The van der Waals surface area contributed by atoms with Crippen molar-refractivity contribution in [3.63, 3.8) is 0 Å². The van der Waals surface area contributed by atoms with E-state index in [0.717, 1.165) is 38.5 Å². The molecule has 0 aromatic rings. The Hall–Kier alpha value is -0.750. The van der Waals surface area contributed by atoms with Crippen LogP contribution in [0.4, 0.5) is 0 Å². The number of carbonyl (C=O) groups excluding carboxylic acids is 2. The summed E-state index contributed by atoms with van der Waals surface area (Å²) in [6.45, 7) is 3.96. The van der Waals surface area contributed by atoms with Crippen molar-refractivity contribution in [2.45, 2.75) is 11.7 Å². The second kappa shape index (κ2) is 5.54. The smallest absolute Gasteiger partial charge is 0.233 e. The van der Waals surface area contributed by atoms with Gasteiger partial charge in [-0.15, -0.1) is 11.8 Å². The Kier molecular flexibility index (Phi) is 4.06. The van der Waals surface area contributed by atoms with Gasteiger partial charge in [0.05, 0.1) is 5.25 Å². The van der Waals surface area contributed by atoms with Crippen LogP contribution in [0.5, 0.6) is 0 Å². The first-order valence-electron chi connectivity index (χ1n) is 5.65. The highest BCUT2D eigenvalue weighted by Gasteiger charge is 2.27. The minimum Gasteiger partial charge on any atom is -0.354 e. The maximum atomic E-state index is 11.9. The molecule has 0 bridgehead atoms. The molecule has 90 valence electrons. The number of hydrogen-bond acceptors (Lipinski definition) is 4. The fourth-order valence-electron chi connectivity index (χ4n) is 1.92. The van der Waals surface area contributed by atoms with Gasteiger partial charge in [-0.1, -0.05) is 0 Å². The zero-order valence-corrected chi connectivity index (χ0v) is 10.0. The van der Waals surface area contributed by atoms with Crippen molar-refractivity contribution in [2.75, 3.05) is 38.5 Å². The van der Waals surface area contributed by atoms with Crippen LogP contribution < -0.4 is 10.6 Å². The van der Waals surface area contributed by atoms with Crippen molar-refractivity contribution in [3.05, 3.63) is 0 Å². The summed E-state index contributed by atoms with van der Waals surface area (Å²) in [6.07, 6.45) is 0.344. The van der Waals surface area contributed by atoms with E-state index in [2.05, 4.69) is 10.6 Å². The lowest BCUT2D eigenvalue weighted by molar-refractivity contribution is -0.133. The predicted octanol–water partition coefficient (Wildman–Crippen LogP) is -0.960. The van der Waals surface area contributed by atoms with Crippen LogP contribution >= 0.6 is 11.8 Å². The molecule has 2 saturated heterocycles. The van der Waals surface area contributed by atoms with E-state index in [9.17, 15) is 9.59 Å². The van der Waals surface area contributed by atoms with Crippen LogP contribution in [0.1, 0.15) is 6.42 Å². The second-order valence-corrected chi connectivity index (χ2v) is 5.30. The second-order valence-electron chi connectivity index (χ2n) is 3.99. The van der Waals surface area contributed by atoms with E-state index in [0.29, 0.717) is 6.42 Å². The minimum atomic E-state index is -0.184. The molecule has 0 aliphatic carbocycles. The van der Waals surface area contributed by atoms with Crippen molar-refractivity contribution < 1.29 is 9.59 Å². The molecule has 0 radical (unpaired) electrons. The highest BCUT2D eigenvalue weighted by atomic mass is 32.2. The molecule has 2 fully saturated rings. The van der Waals surface area contributed by atoms with Crippen LogP contribution in [-0.4, -0.2) is 60.4 Å². The summed E-state index contributed by atoms with van der Waals surface area (Å²) in [5.74, 6) is 1.03. The predicted molar refractivity (Wildman–Crippen MR) is 63.3 cm³/mol. The molecule has 0 spiro atoms. The zero-order valence-electron chi connectivity index (χ0n) is 9.20. The first kappa shape index (κ1) is 11.7. The van der Waals surface area contributed by atoms with Crippen molar-refractivity contribution in [3.8, 4) is 0 Å². The van der Waals surface area contributed by atoms with E-state index in [1.165, 1.54) is 0 Å². The molecule has 16 heavy (non-hydrogen) atoms. The molecule has 2 aliphatic heterocycles. The average Bonchev–Trinajstić information content (AvgIpc) is 2.33. The van der Waals surface area contributed by atoms with Crippen LogP contribution in [0.2, 0.25) is 0 Å². The maximum absolute atomic E-state index is 11.9. The Labute approximate surface area is 99.3 Å². The Balaban J connectivity index is 1.83. The fourth-order valence-corrected chi connectivity index (χ4v) is 2.92. The molecule has 2 N–H and O–H groups in total. The third-order valence-corrected chi connectivity index (χ3v) is 4.07. The van der Waals surface area contributed by atoms with Gasteiger partial charge in [0.1, 0.15) is 0 Å². The van der Waals surface area contributed by atoms with E-state index in [-0.39, 0.29) is 17.1 Å². The first-order chi connectivity index (χ1) is 7.77. The molecule has 1 unspecified atom stereocenters. The first-order valence-corrected chi connectivity index (χ1v) is 6.70. The molecule has 2 amide bonds. The van der Waals surface area contributed by atoms with E-state index in [1.54, 1.807) is 11.8 Å². The van der Waals surface area contributed by atoms with Gasteiger partial charge < -0.3 is 15.5 Å². The topological polar surface area (TPSA) is 61.4 Å². The molecule has 0 saturated carbocycles. The number of amides is 2. The number of piperazine rings is 1. The third kappa shape index (κ3) is 2.89. The zero-order chi connectivity index (χ0) is 11.4. The standard InChI is InChI=1S/C10H17N3O2S/c14-9(13-4-1-11-2-5-13)7-8-10(15)12-3-6-16-8/h8,11H,1-7H2,(H,12,15). The highest BCUT2D eigenvalue weighted by Crippen LogP contribution is 2.19. The van der Waals surface area contributed by atoms with Crippen LogP contribution in [0.15, 0.2) is 0 Å². The lowest BCUT2D eigenvalue weighted by atomic mass is 10.2. The summed E-state index contributed by atoms with van der Waals surface area (Å²) in [7, 11) is 0. The van der Waals surface area contributed by atoms with Gasteiger partial charge in [0, 0.05) is 44.9 Å². The van der Waals surface area contributed by atoms with Gasteiger partial charge in [-0.3, -0.25) is 9.59 Å². The quantitative estimate of drug-likeness (QED) is 0.656. The number of hydrogen-bond donors (Lipinski definition) is 2. The molecular formula is C10H17N3O2S. The van der Waals surface area contributed by atoms with Gasteiger partial charge in [0.2, 0.25) is 11.8 Å². The molecule has 0 aromatic heterocycles. The summed E-state index contributed by atoms with van der Waals surface area (Å²) >= 11 is 1.59. The Morgan fingerprint density at radius 2 is 2.12 bits per heavy atom. The van der Waals surface area contributed by atoms with Crippen LogP contribution in [0.25, 0.3) is 0 Å². The van der Waals surface area contributed by atoms with Crippen molar-refractivity contribution in [1.82, 2.24) is 15.5 Å². The Morgan fingerprint density at radius 3 is 2.81 bits per heavy atom.